The van der Waals surface area contributed by atoms with E-state index in [-0.39, 0.29) is 5.91 Å². The molecule has 0 aliphatic rings. The fourth-order valence-electron chi connectivity index (χ4n) is 3.64. The number of hydrogen-bond donors (Lipinski definition) is 1. The van der Waals surface area contributed by atoms with Crippen LogP contribution in [-0.4, -0.2) is 21.3 Å². The Hall–Kier alpha value is -3.60. The van der Waals surface area contributed by atoms with Crippen molar-refractivity contribution in [2.75, 3.05) is 0 Å². The average molecular weight is 384 g/mol. The maximum Gasteiger partial charge on any atom is 0.245 e. The Morgan fingerprint density at radius 1 is 1.03 bits per heavy atom. The van der Waals surface area contributed by atoms with Crippen molar-refractivity contribution in [2.45, 2.75) is 19.9 Å². The van der Waals surface area contributed by atoms with E-state index in [9.17, 15) is 4.79 Å². The summed E-state index contributed by atoms with van der Waals surface area (Å²) in [5.74, 6) is -0.131. The highest BCUT2D eigenvalue weighted by atomic mass is 16.2. The Bertz CT molecular complexity index is 1170. The molecule has 2 aromatic heterocycles. The molecule has 4 rings (SSSR count). The van der Waals surface area contributed by atoms with Gasteiger partial charge in [-0.2, -0.15) is 5.10 Å². The van der Waals surface area contributed by atoms with Crippen molar-refractivity contribution >= 4 is 23.0 Å². The van der Waals surface area contributed by atoms with Gasteiger partial charge in [-0.25, -0.2) is 5.43 Å². The third-order valence-corrected chi connectivity index (χ3v) is 5.24. The van der Waals surface area contributed by atoms with Gasteiger partial charge in [-0.3, -0.25) is 4.79 Å². The number of aryl methyl sites for hydroxylation is 1. The third-order valence-electron chi connectivity index (χ3n) is 5.24. The van der Waals surface area contributed by atoms with E-state index in [2.05, 4.69) is 58.4 Å². The molecule has 2 heterocycles. The van der Waals surface area contributed by atoms with Crippen LogP contribution in [0.2, 0.25) is 0 Å². The predicted molar refractivity (Wildman–Crippen MR) is 117 cm³/mol. The molecule has 0 bridgehead atoms. The summed E-state index contributed by atoms with van der Waals surface area (Å²) in [4.78, 5) is 12.2. The van der Waals surface area contributed by atoms with Crippen LogP contribution in [0.5, 0.6) is 0 Å². The molecular weight excluding hydrogens is 360 g/mol. The first-order valence-corrected chi connectivity index (χ1v) is 9.67. The maximum atomic E-state index is 12.2. The fraction of sp³-hybridized carbons (Fsp3) is 0.167. The lowest BCUT2D eigenvalue weighted by Gasteiger charge is -2.08. The molecule has 0 aliphatic heterocycles. The minimum Gasteiger partial charge on any atom is -0.354 e. The SMILES string of the molecule is Cc1c(/C=N/NC(=O)Cc2cccn2C)c2ccccc2n1Cc1ccccc1. The standard InChI is InChI=1S/C24H24N4O/c1-18-22(16-25-26-24(29)15-20-11-8-14-27(20)2)21-12-6-7-13-23(21)28(18)17-19-9-4-3-5-10-19/h3-14,16H,15,17H2,1-2H3,(H,26,29)/b25-16+. The highest BCUT2D eigenvalue weighted by Gasteiger charge is 2.13. The Morgan fingerprint density at radius 2 is 1.79 bits per heavy atom. The number of carbonyl (C=O) groups is 1. The molecule has 146 valence electrons. The number of amides is 1. The Kier molecular flexibility index (Phi) is 5.29. The minimum absolute atomic E-state index is 0.131. The number of para-hydroxylation sites is 1. The Labute approximate surface area is 170 Å². The van der Waals surface area contributed by atoms with Crippen LogP contribution in [0.25, 0.3) is 10.9 Å². The van der Waals surface area contributed by atoms with Gasteiger partial charge in [-0.15, -0.1) is 0 Å². The second-order valence-corrected chi connectivity index (χ2v) is 7.17. The summed E-state index contributed by atoms with van der Waals surface area (Å²) >= 11 is 0. The summed E-state index contributed by atoms with van der Waals surface area (Å²) in [5, 5.41) is 5.36. The second-order valence-electron chi connectivity index (χ2n) is 7.17. The zero-order valence-corrected chi connectivity index (χ0v) is 16.7. The number of rotatable bonds is 6. The molecule has 0 saturated heterocycles. The number of hydrazone groups is 1. The lowest BCUT2D eigenvalue weighted by atomic mass is 10.1. The molecule has 0 aliphatic carbocycles. The zero-order chi connectivity index (χ0) is 20.2. The first-order valence-electron chi connectivity index (χ1n) is 9.67. The number of hydrogen-bond acceptors (Lipinski definition) is 2. The van der Waals surface area contributed by atoms with Crippen molar-refractivity contribution in [3.63, 3.8) is 0 Å². The van der Waals surface area contributed by atoms with E-state index in [1.165, 1.54) is 5.56 Å². The number of fused-ring (bicyclic) bond motifs is 1. The van der Waals surface area contributed by atoms with Gasteiger partial charge in [-0.1, -0.05) is 48.5 Å². The van der Waals surface area contributed by atoms with Gasteiger partial charge in [0.15, 0.2) is 0 Å². The number of nitrogens with zero attached hydrogens (tertiary/aromatic N) is 3. The summed E-state index contributed by atoms with van der Waals surface area (Å²) < 4.78 is 4.22. The number of benzene rings is 2. The van der Waals surface area contributed by atoms with Gasteiger partial charge in [0.2, 0.25) is 5.91 Å². The number of nitrogens with one attached hydrogen (secondary N) is 1. The van der Waals surface area contributed by atoms with E-state index < -0.39 is 0 Å². The van der Waals surface area contributed by atoms with E-state index >= 15 is 0 Å². The molecule has 0 spiro atoms. The van der Waals surface area contributed by atoms with Crippen molar-refractivity contribution in [1.29, 1.82) is 0 Å². The molecule has 5 nitrogen and oxygen atoms in total. The van der Waals surface area contributed by atoms with Crippen LogP contribution >= 0.6 is 0 Å². The first-order chi connectivity index (χ1) is 14.1. The van der Waals surface area contributed by atoms with Gasteiger partial charge in [0, 0.05) is 47.6 Å². The van der Waals surface area contributed by atoms with Crippen molar-refractivity contribution in [3.8, 4) is 0 Å². The second kappa shape index (κ2) is 8.19. The third kappa shape index (κ3) is 3.99. The normalized spacial score (nSPS) is 11.4. The number of aromatic nitrogens is 2. The molecule has 2 aromatic carbocycles. The highest BCUT2D eigenvalue weighted by molar-refractivity contribution is 6.01. The molecule has 0 saturated carbocycles. The monoisotopic (exact) mass is 384 g/mol. The summed E-state index contributed by atoms with van der Waals surface area (Å²) in [6, 6.07) is 22.6. The van der Waals surface area contributed by atoms with Gasteiger partial charge in [0.1, 0.15) is 0 Å². The van der Waals surface area contributed by atoms with Gasteiger partial charge in [0.25, 0.3) is 0 Å². The van der Waals surface area contributed by atoms with Crippen LogP contribution in [0, 0.1) is 6.92 Å². The van der Waals surface area contributed by atoms with E-state index in [0.717, 1.165) is 34.4 Å². The minimum atomic E-state index is -0.131. The van der Waals surface area contributed by atoms with Crippen LogP contribution in [-0.2, 0) is 24.8 Å². The lowest BCUT2D eigenvalue weighted by molar-refractivity contribution is -0.120. The maximum absolute atomic E-state index is 12.2. The van der Waals surface area contributed by atoms with Gasteiger partial charge < -0.3 is 9.13 Å². The molecule has 0 fully saturated rings. The van der Waals surface area contributed by atoms with Crippen LogP contribution < -0.4 is 5.43 Å². The molecule has 1 N–H and O–H groups in total. The van der Waals surface area contributed by atoms with Gasteiger partial charge in [-0.05, 0) is 30.7 Å². The van der Waals surface area contributed by atoms with Crippen molar-refractivity contribution in [2.24, 2.45) is 12.1 Å². The van der Waals surface area contributed by atoms with Crippen molar-refractivity contribution in [3.05, 3.63) is 95.4 Å². The quantitative estimate of drug-likeness (QED) is 0.396. The van der Waals surface area contributed by atoms with E-state index in [0.29, 0.717) is 6.42 Å². The Balaban J connectivity index is 1.57. The van der Waals surface area contributed by atoms with Crippen LogP contribution in [0.4, 0.5) is 0 Å². The van der Waals surface area contributed by atoms with Gasteiger partial charge >= 0.3 is 0 Å². The largest absolute Gasteiger partial charge is 0.354 e. The first kappa shape index (κ1) is 18.7. The summed E-state index contributed by atoms with van der Waals surface area (Å²) in [6.45, 7) is 2.89. The van der Waals surface area contributed by atoms with Crippen LogP contribution in [0.3, 0.4) is 0 Å². The smallest absolute Gasteiger partial charge is 0.245 e. The molecule has 1 amide bonds. The lowest BCUT2D eigenvalue weighted by Crippen LogP contribution is -2.21. The van der Waals surface area contributed by atoms with Crippen molar-refractivity contribution < 1.29 is 4.79 Å². The summed E-state index contributed by atoms with van der Waals surface area (Å²) in [7, 11) is 1.93. The molecule has 0 radical (unpaired) electrons. The van der Waals surface area contributed by atoms with E-state index in [4.69, 9.17) is 0 Å². The Morgan fingerprint density at radius 3 is 2.55 bits per heavy atom. The predicted octanol–water partition coefficient (Wildman–Crippen LogP) is 4.03. The number of carbonyl (C=O) groups excluding carboxylic acids is 1. The van der Waals surface area contributed by atoms with Crippen LogP contribution in [0.15, 0.2) is 78.0 Å². The summed E-state index contributed by atoms with van der Waals surface area (Å²) in [6.07, 6.45) is 3.98. The topological polar surface area (TPSA) is 51.3 Å². The average Bonchev–Trinajstić information content (AvgIpc) is 3.25. The molecule has 4 aromatic rings. The van der Waals surface area contributed by atoms with Crippen LogP contribution in [0.1, 0.15) is 22.5 Å². The molecule has 29 heavy (non-hydrogen) atoms. The zero-order valence-electron chi connectivity index (χ0n) is 16.7. The van der Waals surface area contributed by atoms with Gasteiger partial charge in [0.05, 0.1) is 12.6 Å². The van der Waals surface area contributed by atoms with Crippen molar-refractivity contribution in [1.82, 2.24) is 14.6 Å². The molecule has 0 atom stereocenters. The molecule has 0 unspecified atom stereocenters. The highest BCUT2D eigenvalue weighted by Crippen LogP contribution is 2.25. The molecule has 5 heteroatoms. The fourth-order valence-corrected chi connectivity index (χ4v) is 3.64. The molecular formula is C24H24N4O. The van der Waals surface area contributed by atoms with E-state index in [1.807, 2.05) is 48.1 Å². The van der Waals surface area contributed by atoms with E-state index in [1.54, 1.807) is 6.21 Å². The summed E-state index contributed by atoms with van der Waals surface area (Å²) in [5.41, 5.74) is 8.16.